The Bertz CT molecular complexity index is 392. The van der Waals surface area contributed by atoms with Crippen LogP contribution in [0.15, 0.2) is 0 Å². The molecule has 6 heteroatoms. The van der Waals surface area contributed by atoms with Gasteiger partial charge in [-0.2, -0.15) is 11.8 Å². The second kappa shape index (κ2) is 5.55. The molecule has 0 aliphatic carbocycles. The third-order valence-corrected chi connectivity index (χ3v) is 3.88. The minimum absolute atomic E-state index is 0.168. The lowest BCUT2D eigenvalue weighted by atomic mass is 10.2. The third kappa shape index (κ3) is 3.74. The molecule has 0 amide bonds. The molecule has 0 unspecified atom stereocenters. The fourth-order valence-corrected chi connectivity index (χ4v) is 1.53. The summed E-state index contributed by atoms with van der Waals surface area (Å²) in [4.78, 5) is 8.62. The lowest BCUT2D eigenvalue weighted by Crippen LogP contribution is -2.27. The van der Waals surface area contributed by atoms with Crippen molar-refractivity contribution in [1.82, 2.24) is 9.97 Å². The molecule has 5 nitrogen and oxygen atoms in total. The number of nitrogen functional groups attached to an aromatic ring is 1. The summed E-state index contributed by atoms with van der Waals surface area (Å²) in [5, 5.41) is 3.35. The Balaban J connectivity index is 2.88. The third-order valence-electron chi connectivity index (χ3n) is 2.63. The monoisotopic (exact) mass is 255 g/mol. The van der Waals surface area contributed by atoms with Crippen molar-refractivity contribution in [3.05, 3.63) is 11.4 Å². The van der Waals surface area contributed by atoms with Crippen LogP contribution in [0.25, 0.3) is 0 Å². The van der Waals surface area contributed by atoms with Crippen LogP contribution in [0.5, 0.6) is 0 Å². The molecular weight excluding hydrogens is 234 g/mol. The van der Waals surface area contributed by atoms with E-state index < -0.39 is 0 Å². The van der Waals surface area contributed by atoms with Gasteiger partial charge in [0, 0.05) is 16.9 Å². The van der Waals surface area contributed by atoms with Crippen LogP contribution in [0.4, 0.5) is 11.6 Å². The van der Waals surface area contributed by atoms with E-state index in [9.17, 15) is 0 Å². The highest BCUT2D eigenvalue weighted by atomic mass is 32.2. The van der Waals surface area contributed by atoms with E-state index in [0.717, 1.165) is 17.9 Å². The number of nitrogens with zero attached hydrogens (tertiary/aromatic N) is 2. The van der Waals surface area contributed by atoms with Gasteiger partial charge in [0.15, 0.2) is 0 Å². The SMILES string of the molecule is CSC(C)(C)CNc1nc(C)nc(NN)c1C. The summed E-state index contributed by atoms with van der Waals surface area (Å²) in [6.07, 6.45) is 2.10. The fraction of sp³-hybridized carbons (Fsp3) is 0.636. The van der Waals surface area contributed by atoms with Crippen molar-refractivity contribution in [3.8, 4) is 0 Å². The Morgan fingerprint density at radius 2 is 1.82 bits per heavy atom. The molecule has 96 valence electrons. The molecule has 1 rings (SSSR count). The maximum absolute atomic E-state index is 5.42. The van der Waals surface area contributed by atoms with Crippen LogP contribution in [0.3, 0.4) is 0 Å². The maximum atomic E-state index is 5.42. The summed E-state index contributed by atoms with van der Waals surface area (Å²) in [7, 11) is 0. The number of rotatable bonds is 5. The van der Waals surface area contributed by atoms with Gasteiger partial charge in [0.05, 0.1) is 0 Å². The van der Waals surface area contributed by atoms with Crippen molar-refractivity contribution in [2.45, 2.75) is 32.4 Å². The molecule has 1 aromatic heterocycles. The first-order chi connectivity index (χ1) is 7.89. The molecule has 0 aromatic carbocycles. The van der Waals surface area contributed by atoms with Gasteiger partial charge in [0.25, 0.3) is 0 Å². The molecule has 0 spiro atoms. The van der Waals surface area contributed by atoms with Crippen molar-refractivity contribution in [3.63, 3.8) is 0 Å². The molecule has 0 radical (unpaired) electrons. The van der Waals surface area contributed by atoms with Gasteiger partial charge in [-0.25, -0.2) is 15.8 Å². The van der Waals surface area contributed by atoms with Crippen LogP contribution in [0, 0.1) is 13.8 Å². The number of hydrogen-bond acceptors (Lipinski definition) is 6. The normalized spacial score (nSPS) is 11.4. The van der Waals surface area contributed by atoms with Crippen molar-refractivity contribution in [2.75, 3.05) is 23.5 Å². The molecule has 17 heavy (non-hydrogen) atoms. The Morgan fingerprint density at radius 3 is 2.35 bits per heavy atom. The second-order valence-corrected chi connectivity index (χ2v) is 6.07. The van der Waals surface area contributed by atoms with Gasteiger partial charge in [0.1, 0.15) is 17.5 Å². The topological polar surface area (TPSA) is 75.9 Å². The minimum Gasteiger partial charge on any atom is -0.368 e. The first-order valence-corrected chi connectivity index (χ1v) is 6.73. The van der Waals surface area contributed by atoms with Crippen molar-refractivity contribution in [2.24, 2.45) is 5.84 Å². The highest BCUT2D eigenvalue weighted by molar-refractivity contribution is 7.99. The van der Waals surface area contributed by atoms with E-state index in [-0.39, 0.29) is 4.75 Å². The van der Waals surface area contributed by atoms with Crippen molar-refractivity contribution in [1.29, 1.82) is 0 Å². The molecule has 0 saturated carbocycles. The summed E-state index contributed by atoms with van der Waals surface area (Å²) >= 11 is 1.82. The highest BCUT2D eigenvalue weighted by Crippen LogP contribution is 2.24. The van der Waals surface area contributed by atoms with Crippen LogP contribution in [-0.4, -0.2) is 27.5 Å². The molecule has 4 N–H and O–H groups in total. The van der Waals surface area contributed by atoms with E-state index in [0.29, 0.717) is 11.6 Å². The smallest absolute Gasteiger partial charge is 0.148 e. The van der Waals surface area contributed by atoms with E-state index in [2.05, 4.69) is 40.8 Å². The van der Waals surface area contributed by atoms with Gasteiger partial charge in [-0.05, 0) is 34.0 Å². The van der Waals surface area contributed by atoms with E-state index in [1.807, 2.05) is 25.6 Å². The Kier molecular flexibility index (Phi) is 4.59. The zero-order chi connectivity index (χ0) is 13.1. The van der Waals surface area contributed by atoms with Gasteiger partial charge in [0.2, 0.25) is 0 Å². The standard InChI is InChI=1S/C11H21N5S/c1-7-9(13-6-11(3,4)17-5)14-8(2)15-10(7)16-12/h6,12H2,1-5H3,(H2,13,14,15,16). The molecule has 0 bridgehead atoms. The molecule has 0 saturated heterocycles. The van der Waals surface area contributed by atoms with Crippen LogP contribution >= 0.6 is 11.8 Å². The minimum atomic E-state index is 0.168. The van der Waals surface area contributed by atoms with Crippen LogP contribution < -0.4 is 16.6 Å². The average Bonchev–Trinajstić information content (AvgIpc) is 2.30. The van der Waals surface area contributed by atoms with Gasteiger partial charge in [-0.15, -0.1) is 0 Å². The molecule has 0 atom stereocenters. The summed E-state index contributed by atoms with van der Waals surface area (Å²) in [6, 6.07) is 0. The lowest BCUT2D eigenvalue weighted by molar-refractivity contribution is 0.748. The molecule has 0 aliphatic heterocycles. The van der Waals surface area contributed by atoms with E-state index in [4.69, 9.17) is 5.84 Å². The Morgan fingerprint density at radius 1 is 1.24 bits per heavy atom. The lowest BCUT2D eigenvalue weighted by Gasteiger charge is -2.23. The summed E-state index contributed by atoms with van der Waals surface area (Å²) < 4.78 is 0.168. The Hall–Kier alpha value is -1.01. The number of hydrogen-bond donors (Lipinski definition) is 3. The number of aryl methyl sites for hydroxylation is 1. The number of thioether (sulfide) groups is 1. The van der Waals surface area contributed by atoms with Gasteiger partial charge >= 0.3 is 0 Å². The van der Waals surface area contributed by atoms with E-state index >= 15 is 0 Å². The maximum Gasteiger partial charge on any atom is 0.148 e. The number of nitrogens with one attached hydrogen (secondary N) is 2. The average molecular weight is 255 g/mol. The summed E-state index contributed by atoms with van der Waals surface area (Å²) in [5.41, 5.74) is 3.53. The molecule has 0 aliphatic rings. The first-order valence-electron chi connectivity index (χ1n) is 5.50. The largest absolute Gasteiger partial charge is 0.368 e. The number of nitrogens with two attached hydrogens (primary N) is 1. The van der Waals surface area contributed by atoms with Crippen LogP contribution in [0.2, 0.25) is 0 Å². The zero-order valence-electron chi connectivity index (χ0n) is 11.1. The molecule has 1 aromatic rings. The first kappa shape index (κ1) is 14.1. The fourth-order valence-electron chi connectivity index (χ4n) is 1.31. The zero-order valence-corrected chi connectivity index (χ0v) is 11.9. The van der Waals surface area contributed by atoms with Crippen LogP contribution in [-0.2, 0) is 0 Å². The van der Waals surface area contributed by atoms with Crippen molar-refractivity contribution >= 4 is 23.4 Å². The van der Waals surface area contributed by atoms with Gasteiger partial charge in [-0.1, -0.05) is 0 Å². The predicted molar refractivity (Wildman–Crippen MR) is 75.4 cm³/mol. The number of anilines is 2. The van der Waals surface area contributed by atoms with Gasteiger partial charge < -0.3 is 10.7 Å². The van der Waals surface area contributed by atoms with Crippen LogP contribution in [0.1, 0.15) is 25.2 Å². The molecular formula is C11H21N5S. The molecule has 1 heterocycles. The summed E-state index contributed by atoms with van der Waals surface area (Å²) in [5.74, 6) is 7.64. The second-order valence-electron chi connectivity index (χ2n) is 4.55. The number of hydrazine groups is 1. The molecule has 0 fully saturated rings. The highest BCUT2D eigenvalue weighted by Gasteiger charge is 2.17. The summed E-state index contributed by atoms with van der Waals surface area (Å²) in [6.45, 7) is 9.02. The number of aromatic nitrogens is 2. The quantitative estimate of drug-likeness (QED) is 0.551. The van der Waals surface area contributed by atoms with E-state index in [1.165, 1.54) is 0 Å². The van der Waals surface area contributed by atoms with E-state index in [1.54, 1.807) is 0 Å². The van der Waals surface area contributed by atoms with Crippen molar-refractivity contribution < 1.29 is 0 Å². The Labute approximate surface area is 107 Å². The van der Waals surface area contributed by atoms with Gasteiger partial charge in [-0.3, -0.25) is 0 Å². The predicted octanol–water partition coefficient (Wildman–Crippen LogP) is 1.93.